The monoisotopic (exact) mass is 480 g/mol. The second-order valence-electron chi connectivity index (χ2n) is 8.71. The van der Waals surface area contributed by atoms with Gasteiger partial charge in [0.2, 0.25) is 0 Å². The number of methoxy groups -OCH3 is 1. The minimum absolute atomic E-state index is 0.146. The minimum Gasteiger partial charge on any atom is -0.465 e. The molecule has 2 rings (SSSR count). The molecule has 1 aliphatic heterocycles. The van der Waals surface area contributed by atoms with E-state index in [0.29, 0.717) is 24.6 Å². The molecule has 1 aromatic rings. The number of rotatable bonds is 5. The molecule has 1 saturated heterocycles. The van der Waals surface area contributed by atoms with Crippen LogP contribution in [0, 0.1) is 5.92 Å². The van der Waals surface area contributed by atoms with Gasteiger partial charge in [0.1, 0.15) is 5.60 Å². The van der Waals surface area contributed by atoms with Crippen LogP contribution in [0.15, 0.2) is 34.4 Å². The minimum atomic E-state index is -0.485. The summed E-state index contributed by atoms with van der Waals surface area (Å²) in [5, 5.41) is 3.50. The highest BCUT2D eigenvalue weighted by atomic mass is 79.9. The van der Waals surface area contributed by atoms with Crippen LogP contribution in [0.3, 0.4) is 0 Å². The number of ether oxygens (including phenoxy) is 2. The summed E-state index contributed by atoms with van der Waals surface area (Å²) in [6.07, 6.45) is 1.51. The summed E-state index contributed by atoms with van der Waals surface area (Å²) < 4.78 is 11.3. The van der Waals surface area contributed by atoms with Gasteiger partial charge in [-0.2, -0.15) is 0 Å². The molecular formula is C23H33BrN2O4. The number of piperidine rings is 1. The zero-order valence-corrected chi connectivity index (χ0v) is 20.3. The fraction of sp³-hybridized carbons (Fsp3) is 0.565. The van der Waals surface area contributed by atoms with Crippen LogP contribution in [-0.2, 0) is 14.3 Å². The van der Waals surface area contributed by atoms with Gasteiger partial charge >= 0.3 is 12.1 Å². The molecule has 0 unspecified atom stereocenters. The zero-order valence-electron chi connectivity index (χ0n) is 18.8. The van der Waals surface area contributed by atoms with Gasteiger partial charge in [0.05, 0.1) is 12.7 Å². The predicted octanol–water partition coefficient (Wildman–Crippen LogP) is 4.98. The van der Waals surface area contributed by atoms with Crippen LogP contribution >= 0.6 is 15.9 Å². The lowest BCUT2D eigenvalue weighted by molar-refractivity contribution is -0.133. The van der Waals surface area contributed by atoms with Crippen molar-refractivity contribution >= 4 is 33.6 Å². The molecule has 0 radical (unpaired) electrons. The fourth-order valence-electron chi connectivity index (χ4n) is 3.67. The van der Waals surface area contributed by atoms with Gasteiger partial charge in [-0.05, 0) is 59.4 Å². The summed E-state index contributed by atoms with van der Waals surface area (Å²) in [7, 11) is 1.39. The van der Waals surface area contributed by atoms with Crippen molar-refractivity contribution in [2.24, 2.45) is 5.92 Å². The van der Waals surface area contributed by atoms with Gasteiger partial charge in [-0.3, -0.25) is 0 Å². The Hall–Kier alpha value is -2.02. The largest absolute Gasteiger partial charge is 0.465 e. The number of likely N-dealkylation sites (tertiary alicyclic amines) is 1. The van der Waals surface area contributed by atoms with Crippen LogP contribution in [-0.4, -0.2) is 48.8 Å². The third-order valence-corrected chi connectivity index (χ3v) is 5.94. The molecule has 7 heteroatoms. The topological polar surface area (TPSA) is 67.9 Å². The van der Waals surface area contributed by atoms with E-state index >= 15 is 0 Å². The normalized spacial score (nSPS) is 17.1. The number of carbonyl (C=O) groups excluding carboxylic acids is 2. The van der Waals surface area contributed by atoms with Crippen molar-refractivity contribution in [3.8, 4) is 0 Å². The van der Waals surface area contributed by atoms with E-state index < -0.39 is 5.60 Å². The molecule has 0 aliphatic carbocycles. The molecule has 1 amide bonds. The van der Waals surface area contributed by atoms with Crippen molar-refractivity contribution in [2.45, 2.75) is 59.1 Å². The molecule has 1 fully saturated rings. The standard InChI is InChI=1S/C23H33BrN2O4/c1-15(17-11-13-26(14-12-17)22(28)30-23(3,4)5)25-16(2)20(21(27)29-6)18-9-7-8-10-19(18)24/h7-10,15,17,25H,11-14H2,1-6H3/t15-/m1/s1. The van der Waals surface area contributed by atoms with Crippen LogP contribution in [0.4, 0.5) is 4.79 Å². The van der Waals surface area contributed by atoms with Gasteiger partial charge in [0.25, 0.3) is 0 Å². The summed E-state index contributed by atoms with van der Waals surface area (Å²) in [5.41, 5.74) is 1.60. The Morgan fingerprint density at radius 3 is 2.33 bits per heavy atom. The number of esters is 1. The molecule has 1 heterocycles. The van der Waals surface area contributed by atoms with E-state index in [1.165, 1.54) is 7.11 Å². The summed E-state index contributed by atoms with van der Waals surface area (Å²) in [6.45, 7) is 11.0. The second kappa shape index (κ2) is 10.3. The molecule has 0 bridgehead atoms. The first-order chi connectivity index (χ1) is 14.0. The summed E-state index contributed by atoms with van der Waals surface area (Å²) in [4.78, 5) is 26.6. The lowest BCUT2D eigenvalue weighted by atomic mass is 9.90. The number of nitrogens with zero attached hydrogens (tertiary/aromatic N) is 1. The number of benzene rings is 1. The van der Waals surface area contributed by atoms with Crippen molar-refractivity contribution < 1.29 is 19.1 Å². The fourth-order valence-corrected chi connectivity index (χ4v) is 4.15. The number of amides is 1. The van der Waals surface area contributed by atoms with Crippen molar-refractivity contribution in [3.05, 3.63) is 40.0 Å². The molecular weight excluding hydrogens is 448 g/mol. The number of nitrogens with one attached hydrogen (secondary N) is 1. The Morgan fingerprint density at radius 2 is 1.80 bits per heavy atom. The third kappa shape index (κ3) is 6.49. The molecule has 0 spiro atoms. The molecule has 1 aromatic carbocycles. The van der Waals surface area contributed by atoms with Gasteiger partial charge < -0.3 is 19.7 Å². The maximum Gasteiger partial charge on any atom is 0.410 e. The molecule has 1 atom stereocenters. The first-order valence-electron chi connectivity index (χ1n) is 10.3. The van der Waals surface area contributed by atoms with Crippen molar-refractivity contribution in [1.82, 2.24) is 10.2 Å². The van der Waals surface area contributed by atoms with Gasteiger partial charge in [-0.1, -0.05) is 34.1 Å². The Morgan fingerprint density at radius 1 is 1.20 bits per heavy atom. The SMILES string of the molecule is COC(=O)C(=C(C)N[C@H](C)C1CCN(C(=O)OC(C)(C)C)CC1)c1ccccc1Br. The number of carbonyl (C=O) groups is 2. The van der Waals surface area contributed by atoms with Crippen molar-refractivity contribution in [2.75, 3.05) is 20.2 Å². The van der Waals surface area contributed by atoms with Gasteiger partial charge in [0, 0.05) is 34.9 Å². The van der Waals surface area contributed by atoms with E-state index in [0.717, 1.165) is 28.6 Å². The van der Waals surface area contributed by atoms with Crippen LogP contribution in [0.2, 0.25) is 0 Å². The highest BCUT2D eigenvalue weighted by Gasteiger charge is 2.30. The molecule has 1 aliphatic rings. The van der Waals surface area contributed by atoms with E-state index in [-0.39, 0.29) is 18.1 Å². The van der Waals surface area contributed by atoms with Crippen LogP contribution in [0.25, 0.3) is 5.57 Å². The Balaban J connectivity index is 2.07. The zero-order chi connectivity index (χ0) is 22.5. The first-order valence-corrected chi connectivity index (χ1v) is 11.1. The Kier molecular flexibility index (Phi) is 8.35. The Labute approximate surface area is 188 Å². The van der Waals surface area contributed by atoms with E-state index in [1.807, 2.05) is 52.0 Å². The van der Waals surface area contributed by atoms with Crippen LogP contribution < -0.4 is 5.32 Å². The average molecular weight is 481 g/mol. The first kappa shape index (κ1) is 24.3. The molecule has 0 aromatic heterocycles. The van der Waals surface area contributed by atoms with Gasteiger partial charge in [-0.15, -0.1) is 0 Å². The van der Waals surface area contributed by atoms with E-state index in [1.54, 1.807) is 4.90 Å². The Bertz CT molecular complexity index is 793. The molecule has 30 heavy (non-hydrogen) atoms. The number of hydrogen-bond donors (Lipinski definition) is 1. The van der Waals surface area contributed by atoms with Gasteiger partial charge in [-0.25, -0.2) is 9.59 Å². The average Bonchev–Trinajstić information content (AvgIpc) is 2.68. The summed E-state index contributed by atoms with van der Waals surface area (Å²) in [6, 6.07) is 7.75. The maximum absolute atomic E-state index is 12.5. The van der Waals surface area contributed by atoms with Crippen LogP contribution in [0.5, 0.6) is 0 Å². The number of hydrogen-bond acceptors (Lipinski definition) is 5. The molecule has 166 valence electrons. The molecule has 0 saturated carbocycles. The maximum atomic E-state index is 12.5. The van der Waals surface area contributed by atoms with E-state index in [4.69, 9.17) is 9.47 Å². The smallest absolute Gasteiger partial charge is 0.410 e. The quantitative estimate of drug-likeness (QED) is 0.475. The predicted molar refractivity (Wildman–Crippen MR) is 122 cm³/mol. The molecule has 6 nitrogen and oxygen atoms in total. The van der Waals surface area contributed by atoms with Crippen molar-refractivity contribution in [3.63, 3.8) is 0 Å². The lowest BCUT2D eigenvalue weighted by Gasteiger charge is -2.36. The highest BCUT2D eigenvalue weighted by molar-refractivity contribution is 9.10. The summed E-state index contributed by atoms with van der Waals surface area (Å²) >= 11 is 3.53. The van der Waals surface area contributed by atoms with E-state index in [2.05, 4.69) is 28.2 Å². The van der Waals surface area contributed by atoms with E-state index in [9.17, 15) is 9.59 Å². The highest BCUT2D eigenvalue weighted by Crippen LogP contribution is 2.28. The number of allylic oxidation sites excluding steroid dienone is 1. The molecule has 1 N–H and O–H groups in total. The third-order valence-electron chi connectivity index (χ3n) is 5.25. The lowest BCUT2D eigenvalue weighted by Crippen LogP contribution is -2.45. The van der Waals surface area contributed by atoms with Crippen molar-refractivity contribution in [1.29, 1.82) is 0 Å². The summed E-state index contributed by atoms with van der Waals surface area (Å²) in [5.74, 6) is 0.00981. The van der Waals surface area contributed by atoms with Crippen LogP contribution in [0.1, 0.15) is 53.0 Å². The second-order valence-corrected chi connectivity index (χ2v) is 9.56. The van der Waals surface area contributed by atoms with Gasteiger partial charge in [0.15, 0.2) is 0 Å². The number of halogens is 1.